The summed E-state index contributed by atoms with van der Waals surface area (Å²) in [5.74, 6) is -1.65. The molecular weight excluding hydrogens is 190 g/mol. The van der Waals surface area contributed by atoms with Crippen LogP contribution in [0.4, 0.5) is 4.79 Å². The van der Waals surface area contributed by atoms with Gasteiger partial charge >= 0.3 is 12.0 Å². The van der Waals surface area contributed by atoms with Gasteiger partial charge in [-0.15, -0.1) is 0 Å². The number of urea groups is 1. The summed E-state index contributed by atoms with van der Waals surface area (Å²) >= 11 is 0. The Morgan fingerprint density at radius 2 is 2.14 bits per heavy atom. The molecular formula is C7H9N3O4. The summed E-state index contributed by atoms with van der Waals surface area (Å²) in [7, 11) is 0. The number of carbonyl (C=O) groups is 3. The fraction of sp³-hybridized carbons (Fsp3) is 0.571. The second-order valence-electron chi connectivity index (χ2n) is 3.40. The van der Waals surface area contributed by atoms with Crippen LogP contribution in [-0.2, 0) is 9.59 Å². The lowest BCUT2D eigenvalue weighted by Crippen LogP contribution is -2.69. The molecule has 0 bridgehead atoms. The van der Waals surface area contributed by atoms with Gasteiger partial charge in [-0.2, -0.15) is 0 Å². The van der Waals surface area contributed by atoms with E-state index in [0.29, 0.717) is 13.1 Å². The lowest BCUT2D eigenvalue weighted by atomic mass is 9.93. The molecule has 7 heteroatoms. The summed E-state index contributed by atoms with van der Waals surface area (Å²) in [5, 5.41) is 13.8. The van der Waals surface area contributed by atoms with Gasteiger partial charge in [0.05, 0.1) is 0 Å². The van der Waals surface area contributed by atoms with Crippen LogP contribution in [0.25, 0.3) is 0 Å². The van der Waals surface area contributed by atoms with Gasteiger partial charge in [-0.3, -0.25) is 14.5 Å². The van der Waals surface area contributed by atoms with E-state index in [-0.39, 0.29) is 0 Å². The van der Waals surface area contributed by atoms with Crippen LogP contribution >= 0.6 is 0 Å². The van der Waals surface area contributed by atoms with Gasteiger partial charge < -0.3 is 15.7 Å². The second-order valence-corrected chi connectivity index (χ2v) is 3.40. The van der Waals surface area contributed by atoms with Crippen LogP contribution in [0.2, 0.25) is 0 Å². The van der Waals surface area contributed by atoms with Gasteiger partial charge in [0.15, 0.2) is 0 Å². The largest absolute Gasteiger partial charge is 0.480 e. The van der Waals surface area contributed by atoms with Crippen LogP contribution in [0.5, 0.6) is 0 Å². The lowest BCUT2D eigenvalue weighted by molar-refractivity contribution is -0.143. The number of hydrogen-bond donors (Lipinski definition) is 3. The van der Waals surface area contributed by atoms with Crippen LogP contribution in [0.15, 0.2) is 0 Å². The molecule has 3 N–H and O–H groups in total. The van der Waals surface area contributed by atoms with E-state index in [1.165, 1.54) is 0 Å². The van der Waals surface area contributed by atoms with E-state index >= 15 is 0 Å². The topological polar surface area (TPSA) is 98.7 Å². The molecule has 14 heavy (non-hydrogen) atoms. The van der Waals surface area contributed by atoms with Crippen molar-refractivity contribution in [3.05, 3.63) is 0 Å². The lowest BCUT2D eigenvalue weighted by Gasteiger charge is -2.35. The van der Waals surface area contributed by atoms with Crippen molar-refractivity contribution >= 4 is 17.9 Å². The fourth-order valence-corrected chi connectivity index (χ4v) is 1.57. The molecule has 7 nitrogen and oxygen atoms in total. The Hall–Kier alpha value is -1.63. The first-order valence-electron chi connectivity index (χ1n) is 4.12. The minimum atomic E-state index is -1.20. The summed E-state index contributed by atoms with van der Waals surface area (Å²) < 4.78 is 0. The SMILES string of the molecule is O=C(O)CN1C(=O)NC2(CNC2)C1=O. The number of hydrogen-bond acceptors (Lipinski definition) is 4. The molecule has 0 saturated carbocycles. The summed E-state index contributed by atoms with van der Waals surface area (Å²) in [6.45, 7) is 0.161. The highest BCUT2D eigenvalue weighted by Crippen LogP contribution is 2.21. The predicted octanol–water partition coefficient (Wildman–Crippen LogP) is -2.04. The van der Waals surface area contributed by atoms with Crippen molar-refractivity contribution in [3.8, 4) is 0 Å². The molecule has 1 spiro atoms. The average molecular weight is 199 g/mol. The van der Waals surface area contributed by atoms with E-state index in [2.05, 4.69) is 10.6 Å². The Bertz CT molecular complexity index is 323. The molecule has 0 aromatic carbocycles. The summed E-state index contributed by atoms with van der Waals surface area (Å²) in [6, 6.07) is -0.626. The molecule has 3 amide bonds. The normalized spacial score (nSPS) is 23.6. The van der Waals surface area contributed by atoms with Gasteiger partial charge in [-0.25, -0.2) is 4.79 Å². The Labute approximate surface area is 79.1 Å². The van der Waals surface area contributed by atoms with Gasteiger partial charge in [-0.1, -0.05) is 0 Å². The van der Waals surface area contributed by atoms with Gasteiger partial charge in [0, 0.05) is 13.1 Å². The molecule has 0 aliphatic carbocycles. The Kier molecular flexibility index (Phi) is 1.71. The molecule has 2 saturated heterocycles. The van der Waals surface area contributed by atoms with E-state index in [0.717, 1.165) is 4.90 Å². The summed E-state index contributed by atoms with van der Waals surface area (Å²) in [4.78, 5) is 33.9. The van der Waals surface area contributed by atoms with Crippen molar-refractivity contribution in [2.75, 3.05) is 19.6 Å². The molecule has 0 unspecified atom stereocenters. The van der Waals surface area contributed by atoms with Gasteiger partial charge in [0.1, 0.15) is 12.1 Å². The Morgan fingerprint density at radius 3 is 2.50 bits per heavy atom. The maximum Gasteiger partial charge on any atom is 0.325 e. The van der Waals surface area contributed by atoms with Crippen LogP contribution in [0.3, 0.4) is 0 Å². The zero-order chi connectivity index (χ0) is 10.3. The summed E-state index contributed by atoms with van der Waals surface area (Å²) in [6.07, 6.45) is 0. The molecule has 2 aliphatic heterocycles. The number of nitrogens with one attached hydrogen (secondary N) is 2. The molecule has 2 fully saturated rings. The smallest absolute Gasteiger partial charge is 0.325 e. The molecule has 0 aromatic rings. The van der Waals surface area contributed by atoms with Crippen LogP contribution in [0.1, 0.15) is 0 Å². The number of carbonyl (C=O) groups excluding carboxylic acids is 2. The van der Waals surface area contributed by atoms with Gasteiger partial charge in [-0.05, 0) is 0 Å². The van der Waals surface area contributed by atoms with Gasteiger partial charge in [0.25, 0.3) is 5.91 Å². The third-order valence-electron chi connectivity index (χ3n) is 2.39. The quantitative estimate of drug-likeness (QED) is 0.445. The Morgan fingerprint density at radius 1 is 1.50 bits per heavy atom. The van der Waals surface area contributed by atoms with E-state index in [4.69, 9.17) is 5.11 Å². The molecule has 0 radical (unpaired) electrons. The fourth-order valence-electron chi connectivity index (χ4n) is 1.57. The number of rotatable bonds is 2. The van der Waals surface area contributed by atoms with Crippen molar-refractivity contribution in [1.29, 1.82) is 0 Å². The number of imide groups is 1. The number of carboxylic acids is 1. The predicted molar refractivity (Wildman–Crippen MR) is 43.5 cm³/mol. The van der Waals surface area contributed by atoms with Crippen molar-refractivity contribution < 1.29 is 19.5 Å². The third-order valence-corrected chi connectivity index (χ3v) is 2.39. The van der Waals surface area contributed by atoms with Crippen LogP contribution in [0, 0.1) is 0 Å². The first-order chi connectivity index (χ1) is 6.55. The van der Waals surface area contributed by atoms with Crippen molar-refractivity contribution in [2.24, 2.45) is 0 Å². The average Bonchev–Trinajstić information content (AvgIpc) is 2.27. The van der Waals surface area contributed by atoms with Crippen LogP contribution < -0.4 is 10.6 Å². The number of carboxylic acid groups (broad SMARTS) is 1. The second kappa shape index (κ2) is 2.68. The molecule has 0 atom stereocenters. The summed E-state index contributed by atoms with van der Waals surface area (Å²) in [5.41, 5.74) is -0.882. The molecule has 2 aliphatic rings. The maximum atomic E-state index is 11.6. The van der Waals surface area contributed by atoms with E-state index in [9.17, 15) is 14.4 Å². The highest BCUT2D eigenvalue weighted by Gasteiger charge is 2.55. The van der Waals surface area contributed by atoms with E-state index in [1.807, 2.05) is 0 Å². The first kappa shape index (κ1) is 8.95. The molecule has 2 heterocycles. The zero-order valence-electron chi connectivity index (χ0n) is 7.24. The molecule has 76 valence electrons. The van der Waals surface area contributed by atoms with Crippen molar-refractivity contribution in [3.63, 3.8) is 0 Å². The highest BCUT2D eigenvalue weighted by atomic mass is 16.4. The number of aliphatic carboxylic acids is 1. The number of nitrogens with zero attached hydrogens (tertiary/aromatic N) is 1. The number of amides is 3. The van der Waals surface area contributed by atoms with Crippen molar-refractivity contribution in [1.82, 2.24) is 15.5 Å². The van der Waals surface area contributed by atoms with E-state index < -0.39 is 30.0 Å². The Balaban J connectivity index is 2.16. The zero-order valence-corrected chi connectivity index (χ0v) is 7.24. The first-order valence-corrected chi connectivity index (χ1v) is 4.12. The van der Waals surface area contributed by atoms with Crippen LogP contribution in [-0.4, -0.2) is 53.1 Å². The molecule has 0 aromatic heterocycles. The highest BCUT2D eigenvalue weighted by molar-refractivity contribution is 6.09. The van der Waals surface area contributed by atoms with Gasteiger partial charge in [0.2, 0.25) is 0 Å². The third kappa shape index (κ3) is 1.06. The monoisotopic (exact) mass is 199 g/mol. The minimum absolute atomic E-state index is 0.369. The molecule has 2 rings (SSSR count). The maximum absolute atomic E-state index is 11.6. The standard InChI is InChI=1S/C7H9N3O4/c11-4(12)1-10-5(13)7(2-8-3-7)9-6(10)14/h8H,1-3H2,(H,9,14)(H,11,12). The minimum Gasteiger partial charge on any atom is -0.480 e. The van der Waals surface area contributed by atoms with Crippen molar-refractivity contribution in [2.45, 2.75) is 5.54 Å². The van der Waals surface area contributed by atoms with E-state index in [1.54, 1.807) is 0 Å².